The fourth-order valence-electron chi connectivity index (χ4n) is 3.36. The first kappa shape index (κ1) is 23.0. The number of hydrogen-bond donors (Lipinski definition) is 1. The topological polar surface area (TPSA) is 84.9 Å². The maximum atomic E-state index is 12.8. The van der Waals surface area contributed by atoms with Crippen LogP contribution in [-0.4, -0.2) is 45.4 Å². The Bertz CT molecular complexity index is 1000. The van der Waals surface area contributed by atoms with E-state index in [0.717, 1.165) is 25.7 Å². The highest BCUT2D eigenvalue weighted by Crippen LogP contribution is 2.31. The molecule has 1 amide bonds. The van der Waals surface area contributed by atoms with Crippen molar-refractivity contribution in [2.75, 3.05) is 25.5 Å². The van der Waals surface area contributed by atoms with Crippen LogP contribution in [0.3, 0.4) is 0 Å². The minimum Gasteiger partial charge on any atom is -0.493 e. The second-order valence-electron chi connectivity index (χ2n) is 7.04. The van der Waals surface area contributed by atoms with E-state index in [1.165, 1.54) is 53.9 Å². The van der Waals surface area contributed by atoms with Gasteiger partial charge < -0.3 is 14.8 Å². The summed E-state index contributed by atoms with van der Waals surface area (Å²) in [5.41, 5.74) is 0.449. The molecule has 0 saturated carbocycles. The van der Waals surface area contributed by atoms with E-state index in [-0.39, 0.29) is 27.6 Å². The molecule has 168 valence electrons. The fourth-order valence-corrected chi connectivity index (χ4v) is 4.87. The first-order valence-electron chi connectivity index (χ1n) is 9.85. The molecule has 10 heteroatoms. The Morgan fingerprint density at radius 2 is 1.65 bits per heavy atom. The third-order valence-corrected chi connectivity index (χ3v) is 6.87. The molecular weight excluding hydrogens is 430 g/mol. The molecule has 0 bridgehead atoms. The molecule has 2 aromatic carbocycles. The molecule has 2 aromatic rings. The maximum absolute atomic E-state index is 12.8. The van der Waals surface area contributed by atoms with Crippen molar-refractivity contribution in [1.82, 2.24) is 4.31 Å². The highest BCUT2D eigenvalue weighted by Gasteiger charge is 2.25. The van der Waals surface area contributed by atoms with Crippen molar-refractivity contribution in [1.29, 1.82) is 0 Å². The summed E-state index contributed by atoms with van der Waals surface area (Å²) >= 11 is 0. The van der Waals surface area contributed by atoms with Crippen LogP contribution in [0, 0.1) is 0 Å². The number of carbonyl (C=O) groups is 1. The molecule has 7 nitrogen and oxygen atoms in total. The van der Waals surface area contributed by atoms with Gasteiger partial charge in [0, 0.05) is 30.4 Å². The van der Waals surface area contributed by atoms with Gasteiger partial charge in [0.2, 0.25) is 10.0 Å². The minimum absolute atomic E-state index is 0.0985. The van der Waals surface area contributed by atoms with Crippen molar-refractivity contribution < 1.29 is 31.5 Å². The van der Waals surface area contributed by atoms with E-state index in [1.807, 2.05) is 0 Å². The van der Waals surface area contributed by atoms with E-state index in [1.54, 1.807) is 0 Å². The Labute approximate surface area is 180 Å². The van der Waals surface area contributed by atoms with Gasteiger partial charge in [0.25, 0.3) is 5.91 Å². The van der Waals surface area contributed by atoms with Gasteiger partial charge in [-0.1, -0.05) is 12.8 Å². The standard InChI is InChI=1S/C21H24F2N2O5S/c1-29-18-11-8-16(14-19(18)30-21(22)23)24-20(26)15-6-9-17(10-7-15)31(27,28)25-12-4-2-3-5-13-25/h6-11,14,21H,2-5,12-13H2,1H3,(H,24,26). The summed E-state index contributed by atoms with van der Waals surface area (Å²) in [5.74, 6) is -0.637. The van der Waals surface area contributed by atoms with Crippen molar-refractivity contribution >= 4 is 21.6 Å². The number of sulfonamides is 1. The van der Waals surface area contributed by atoms with Crippen LogP contribution in [0.4, 0.5) is 14.5 Å². The first-order chi connectivity index (χ1) is 14.8. The second-order valence-corrected chi connectivity index (χ2v) is 8.98. The molecule has 1 saturated heterocycles. The third kappa shape index (κ3) is 5.71. The van der Waals surface area contributed by atoms with Gasteiger partial charge in [0.15, 0.2) is 11.5 Å². The van der Waals surface area contributed by atoms with E-state index >= 15 is 0 Å². The SMILES string of the molecule is COc1ccc(NC(=O)c2ccc(S(=O)(=O)N3CCCCCC3)cc2)cc1OC(F)F. The van der Waals surface area contributed by atoms with Crippen molar-refractivity contribution in [2.45, 2.75) is 37.2 Å². The van der Waals surface area contributed by atoms with Crippen LogP contribution < -0.4 is 14.8 Å². The summed E-state index contributed by atoms with van der Waals surface area (Å²) in [6, 6.07) is 9.72. The molecule has 0 radical (unpaired) electrons. The van der Waals surface area contributed by atoms with Crippen molar-refractivity contribution in [3.63, 3.8) is 0 Å². The number of amides is 1. The number of nitrogens with zero attached hydrogens (tertiary/aromatic N) is 1. The zero-order valence-corrected chi connectivity index (χ0v) is 17.8. The van der Waals surface area contributed by atoms with Gasteiger partial charge in [-0.25, -0.2) is 8.42 Å². The monoisotopic (exact) mass is 454 g/mol. The van der Waals surface area contributed by atoms with Gasteiger partial charge in [-0.05, 0) is 49.2 Å². The summed E-state index contributed by atoms with van der Waals surface area (Å²) < 4.78 is 61.7. The Morgan fingerprint density at radius 3 is 2.23 bits per heavy atom. The summed E-state index contributed by atoms with van der Waals surface area (Å²) in [6.45, 7) is -2.06. The van der Waals surface area contributed by atoms with E-state index in [9.17, 15) is 22.0 Å². The Morgan fingerprint density at radius 1 is 1.00 bits per heavy atom. The number of alkyl halides is 2. The van der Waals surface area contributed by atoms with Gasteiger partial charge in [-0.15, -0.1) is 0 Å². The molecule has 1 aliphatic heterocycles. The van der Waals surface area contributed by atoms with Gasteiger partial charge in [0.05, 0.1) is 12.0 Å². The zero-order valence-electron chi connectivity index (χ0n) is 17.0. The smallest absolute Gasteiger partial charge is 0.387 e. The summed E-state index contributed by atoms with van der Waals surface area (Å²) in [4.78, 5) is 12.6. The molecule has 0 unspecified atom stereocenters. The van der Waals surface area contributed by atoms with E-state index < -0.39 is 22.5 Å². The number of nitrogens with one attached hydrogen (secondary N) is 1. The van der Waals surface area contributed by atoms with Crippen molar-refractivity contribution in [3.05, 3.63) is 48.0 Å². The molecule has 1 heterocycles. The van der Waals surface area contributed by atoms with Crippen LogP contribution in [0.15, 0.2) is 47.4 Å². The quantitative estimate of drug-likeness (QED) is 0.681. The van der Waals surface area contributed by atoms with Crippen LogP contribution >= 0.6 is 0 Å². The zero-order chi connectivity index (χ0) is 22.4. The van der Waals surface area contributed by atoms with Crippen LogP contribution in [0.25, 0.3) is 0 Å². The van der Waals surface area contributed by atoms with E-state index in [2.05, 4.69) is 10.1 Å². The fraction of sp³-hybridized carbons (Fsp3) is 0.381. The number of hydrogen-bond acceptors (Lipinski definition) is 5. The summed E-state index contributed by atoms with van der Waals surface area (Å²) in [7, 11) is -2.30. The van der Waals surface area contributed by atoms with Gasteiger partial charge in [-0.3, -0.25) is 4.79 Å². The number of benzene rings is 2. The van der Waals surface area contributed by atoms with Crippen LogP contribution in [0.1, 0.15) is 36.0 Å². The number of halogens is 2. The molecule has 0 aromatic heterocycles. The third-order valence-electron chi connectivity index (χ3n) is 4.96. The molecule has 0 atom stereocenters. The van der Waals surface area contributed by atoms with Gasteiger partial charge in [0.1, 0.15) is 0 Å². The molecule has 3 rings (SSSR count). The lowest BCUT2D eigenvalue weighted by molar-refractivity contribution is -0.0511. The Balaban J connectivity index is 1.73. The van der Waals surface area contributed by atoms with E-state index in [0.29, 0.717) is 13.1 Å². The number of anilines is 1. The highest BCUT2D eigenvalue weighted by molar-refractivity contribution is 7.89. The molecule has 0 aliphatic carbocycles. The van der Waals surface area contributed by atoms with Crippen molar-refractivity contribution in [3.8, 4) is 11.5 Å². The molecule has 1 fully saturated rings. The lowest BCUT2D eigenvalue weighted by Gasteiger charge is -2.20. The molecule has 0 spiro atoms. The minimum atomic E-state index is -3.61. The molecule has 1 aliphatic rings. The number of rotatable bonds is 7. The number of carbonyl (C=O) groups excluding carboxylic acids is 1. The van der Waals surface area contributed by atoms with Crippen LogP contribution in [0.2, 0.25) is 0 Å². The molecular formula is C21H24F2N2O5S. The number of methoxy groups -OCH3 is 1. The highest BCUT2D eigenvalue weighted by atomic mass is 32.2. The lowest BCUT2D eigenvalue weighted by Crippen LogP contribution is -2.31. The summed E-state index contributed by atoms with van der Waals surface area (Å²) in [6.07, 6.45) is 3.69. The van der Waals surface area contributed by atoms with Crippen molar-refractivity contribution in [2.24, 2.45) is 0 Å². The Kier molecular flexibility index (Phi) is 7.45. The second kappa shape index (κ2) is 10.1. The van der Waals surface area contributed by atoms with Gasteiger partial charge >= 0.3 is 6.61 Å². The summed E-state index contributed by atoms with van der Waals surface area (Å²) in [5, 5.41) is 2.57. The predicted molar refractivity (Wildman–Crippen MR) is 111 cm³/mol. The Hall–Kier alpha value is -2.72. The largest absolute Gasteiger partial charge is 0.493 e. The first-order valence-corrected chi connectivity index (χ1v) is 11.3. The van der Waals surface area contributed by atoms with Gasteiger partial charge in [-0.2, -0.15) is 13.1 Å². The molecule has 1 N–H and O–H groups in total. The van der Waals surface area contributed by atoms with E-state index in [4.69, 9.17) is 4.74 Å². The number of ether oxygens (including phenoxy) is 2. The lowest BCUT2D eigenvalue weighted by atomic mass is 10.2. The van der Waals surface area contributed by atoms with Crippen LogP contribution in [0.5, 0.6) is 11.5 Å². The predicted octanol–water partition coefficient (Wildman–Crippen LogP) is 4.11. The maximum Gasteiger partial charge on any atom is 0.387 e. The van der Waals surface area contributed by atoms with Crippen LogP contribution in [-0.2, 0) is 10.0 Å². The average Bonchev–Trinajstić information content (AvgIpc) is 3.04. The normalized spacial score (nSPS) is 15.4. The molecule has 31 heavy (non-hydrogen) atoms. The average molecular weight is 454 g/mol.